The molecule has 146 valence electrons. The van der Waals surface area contributed by atoms with Crippen LogP contribution in [0.5, 0.6) is 0 Å². The van der Waals surface area contributed by atoms with Crippen LogP contribution in [0.15, 0.2) is 24.3 Å². The van der Waals surface area contributed by atoms with Crippen molar-refractivity contribution >= 4 is 5.97 Å². The Balaban J connectivity index is 1.49. The van der Waals surface area contributed by atoms with Crippen LogP contribution in [-0.4, -0.2) is 34.5 Å². The van der Waals surface area contributed by atoms with E-state index >= 15 is 0 Å². The topological polar surface area (TPSA) is 66.8 Å². The van der Waals surface area contributed by atoms with Gasteiger partial charge in [-0.3, -0.25) is 4.79 Å². The molecule has 0 aromatic carbocycles. The van der Waals surface area contributed by atoms with Gasteiger partial charge in [-0.15, -0.1) is 0 Å². The molecule has 0 aromatic heterocycles. The van der Waals surface area contributed by atoms with E-state index in [4.69, 9.17) is 9.84 Å². The Hall–Kier alpha value is -1.13. The maximum atomic E-state index is 10.5. The molecule has 2 heterocycles. The third-order valence-electron chi connectivity index (χ3n) is 6.49. The average molecular weight is 363 g/mol. The summed E-state index contributed by atoms with van der Waals surface area (Å²) in [4.78, 5) is 10.5. The molecule has 3 rings (SSSR count). The minimum atomic E-state index is -0.721. The molecule has 3 aliphatic rings. The molecule has 1 aliphatic carbocycles. The number of carboxylic acids is 1. The standard InChI is InChI=1S/C22H34O4/c23-19(16-8-4-3-5-9-16)13-12-18-17(20-14-15-21(18)26-20)10-6-1-2-7-11-22(24)25/h1,6,12-13,16-21,23H,2-5,7-11,14-15H2,(H,24,25)/t17-,18+,19+,20-,21+/m0/s1. The number of allylic oxidation sites excluding steroid dienone is 2. The molecule has 0 radical (unpaired) electrons. The van der Waals surface area contributed by atoms with Gasteiger partial charge in [-0.1, -0.05) is 43.6 Å². The number of carboxylic acid groups (broad SMARTS) is 1. The lowest BCUT2D eigenvalue weighted by molar-refractivity contribution is -0.137. The number of unbranched alkanes of at least 4 members (excludes halogenated alkanes) is 1. The van der Waals surface area contributed by atoms with Crippen LogP contribution in [0.4, 0.5) is 0 Å². The highest BCUT2D eigenvalue weighted by Crippen LogP contribution is 2.46. The molecule has 0 aromatic rings. The van der Waals surface area contributed by atoms with Gasteiger partial charge in [0.1, 0.15) is 0 Å². The lowest BCUT2D eigenvalue weighted by atomic mass is 9.76. The van der Waals surface area contributed by atoms with Crippen molar-refractivity contribution in [2.75, 3.05) is 0 Å². The van der Waals surface area contributed by atoms with Gasteiger partial charge in [-0.05, 0) is 56.8 Å². The highest BCUT2D eigenvalue weighted by Gasteiger charge is 2.46. The SMILES string of the molecule is O=C(O)CCCC=CC[C@H]1[C@@H](C=C[C@@H](O)C2CCCCC2)[C@H]2CC[C@@H]1O2. The first kappa shape index (κ1) is 19.6. The van der Waals surface area contributed by atoms with Crippen LogP contribution < -0.4 is 0 Å². The third kappa shape index (κ3) is 5.20. The zero-order valence-electron chi connectivity index (χ0n) is 15.8. The van der Waals surface area contributed by atoms with Crippen molar-refractivity contribution in [3.05, 3.63) is 24.3 Å². The third-order valence-corrected chi connectivity index (χ3v) is 6.49. The van der Waals surface area contributed by atoms with Crippen LogP contribution >= 0.6 is 0 Å². The fraction of sp³-hybridized carbons (Fsp3) is 0.773. The number of ether oxygens (including phenoxy) is 1. The van der Waals surface area contributed by atoms with Gasteiger partial charge in [-0.2, -0.15) is 0 Å². The summed E-state index contributed by atoms with van der Waals surface area (Å²) < 4.78 is 6.14. The van der Waals surface area contributed by atoms with E-state index in [1.54, 1.807) is 0 Å². The smallest absolute Gasteiger partial charge is 0.303 e. The van der Waals surface area contributed by atoms with Crippen LogP contribution in [0, 0.1) is 17.8 Å². The van der Waals surface area contributed by atoms with Gasteiger partial charge < -0.3 is 14.9 Å². The number of aliphatic hydroxyl groups excluding tert-OH is 1. The summed E-state index contributed by atoms with van der Waals surface area (Å²) in [5.41, 5.74) is 0. The lowest BCUT2D eigenvalue weighted by Gasteiger charge is -2.27. The van der Waals surface area contributed by atoms with E-state index < -0.39 is 5.97 Å². The van der Waals surface area contributed by atoms with E-state index in [0.717, 1.165) is 38.5 Å². The Morgan fingerprint density at radius 1 is 1.08 bits per heavy atom. The summed E-state index contributed by atoms with van der Waals surface area (Å²) in [6.07, 6.45) is 20.2. The normalized spacial score (nSPS) is 33.4. The Bertz CT molecular complexity index is 506. The highest BCUT2D eigenvalue weighted by atomic mass is 16.5. The quantitative estimate of drug-likeness (QED) is 0.469. The van der Waals surface area contributed by atoms with Crippen molar-refractivity contribution in [1.29, 1.82) is 0 Å². The summed E-state index contributed by atoms with van der Waals surface area (Å²) in [5.74, 6) is 0.628. The monoisotopic (exact) mass is 362 g/mol. The van der Waals surface area contributed by atoms with Crippen LogP contribution in [0.1, 0.15) is 70.6 Å². The molecule has 4 heteroatoms. The number of carbonyl (C=O) groups is 1. The lowest BCUT2D eigenvalue weighted by Crippen LogP contribution is -2.26. The van der Waals surface area contributed by atoms with E-state index in [2.05, 4.69) is 18.2 Å². The number of hydrogen-bond donors (Lipinski definition) is 2. The fourth-order valence-electron chi connectivity index (χ4n) is 5.00. The number of rotatable bonds is 9. The zero-order chi connectivity index (χ0) is 18.4. The van der Waals surface area contributed by atoms with Crippen LogP contribution in [-0.2, 0) is 9.53 Å². The summed E-state index contributed by atoms with van der Waals surface area (Å²) in [5, 5.41) is 19.2. The molecule has 0 amide bonds. The molecule has 4 nitrogen and oxygen atoms in total. The summed E-state index contributed by atoms with van der Waals surface area (Å²) in [6.45, 7) is 0. The molecular weight excluding hydrogens is 328 g/mol. The van der Waals surface area contributed by atoms with E-state index in [9.17, 15) is 9.90 Å². The Morgan fingerprint density at radius 3 is 2.62 bits per heavy atom. The predicted octanol–water partition coefficient (Wildman–Crippen LogP) is 4.48. The summed E-state index contributed by atoms with van der Waals surface area (Å²) in [6, 6.07) is 0. The van der Waals surface area contributed by atoms with Crippen LogP contribution in [0.25, 0.3) is 0 Å². The summed E-state index contributed by atoms with van der Waals surface area (Å²) in [7, 11) is 0. The first-order valence-electron chi connectivity index (χ1n) is 10.5. The van der Waals surface area contributed by atoms with Crippen LogP contribution in [0.3, 0.4) is 0 Å². The highest BCUT2D eigenvalue weighted by molar-refractivity contribution is 5.66. The van der Waals surface area contributed by atoms with E-state index in [0.29, 0.717) is 36.4 Å². The average Bonchev–Trinajstić information content (AvgIpc) is 3.24. The number of aliphatic carboxylic acids is 1. The molecule has 3 fully saturated rings. The molecule has 1 saturated carbocycles. The zero-order valence-corrected chi connectivity index (χ0v) is 15.8. The number of aliphatic hydroxyl groups is 1. The molecule has 2 N–H and O–H groups in total. The Morgan fingerprint density at radius 2 is 1.85 bits per heavy atom. The van der Waals surface area contributed by atoms with Crippen molar-refractivity contribution < 1.29 is 19.7 Å². The van der Waals surface area contributed by atoms with Gasteiger partial charge in [0.05, 0.1) is 18.3 Å². The fourth-order valence-corrected chi connectivity index (χ4v) is 5.00. The van der Waals surface area contributed by atoms with Gasteiger partial charge in [0.15, 0.2) is 0 Å². The summed E-state index contributed by atoms with van der Waals surface area (Å²) >= 11 is 0. The molecule has 0 spiro atoms. The van der Waals surface area contributed by atoms with E-state index in [-0.39, 0.29) is 12.5 Å². The van der Waals surface area contributed by atoms with Crippen molar-refractivity contribution in [2.45, 2.75) is 88.9 Å². The maximum absolute atomic E-state index is 10.5. The van der Waals surface area contributed by atoms with Crippen molar-refractivity contribution in [3.8, 4) is 0 Å². The number of fused-ring (bicyclic) bond motifs is 2. The molecule has 26 heavy (non-hydrogen) atoms. The van der Waals surface area contributed by atoms with Gasteiger partial charge in [0.2, 0.25) is 0 Å². The predicted molar refractivity (Wildman–Crippen MR) is 102 cm³/mol. The molecule has 5 atom stereocenters. The Kier molecular flexibility index (Phi) is 7.32. The second-order valence-corrected chi connectivity index (χ2v) is 8.30. The minimum Gasteiger partial charge on any atom is -0.481 e. The minimum absolute atomic E-state index is 0.242. The van der Waals surface area contributed by atoms with E-state index in [1.165, 1.54) is 19.3 Å². The van der Waals surface area contributed by atoms with Gasteiger partial charge in [-0.25, -0.2) is 0 Å². The van der Waals surface area contributed by atoms with Gasteiger partial charge in [0.25, 0.3) is 0 Å². The van der Waals surface area contributed by atoms with Crippen LogP contribution in [0.2, 0.25) is 0 Å². The molecule has 2 bridgehead atoms. The van der Waals surface area contributed by atoms with E-state index in [1.807, 2.05) is 6.08 Å². The largest absolute Gasteiger partial charge is 0.481 e. The maximum Gasteiger partial charge on any atom is 0.303 e. The van der Waals surface area contributed by atoms with Gasteiger partial charge in [0, 0.05) is 12.3 Å². The molecule has 2 aliphatic heterocycles. The second-order valence-electron chi connectivity index (χ2n) is 8.30. The Labute approximate surface area is 157 Å². The van der Waals surface area contributed by atoms with Gasteiger partial charge >= 0.3 is 5.97 Å². The number of hydrogen-bond acceptors (Lipinski definition) is 3. The van der Waals surface area contributed by atoms with Crippen molar-refractivity contribution in [3.63, 3.8) is 0 Å². The first-order chi connectivity index (χ1) is 12.6. The van der Waals surface area contributed by atoms with Crippen molar-refractivity contribution in [2.24, 2.45) is 17.8 Å². The molecule has 0 unspecified atom stereocenters. The first-order valence-corrected chi connectivity index (χ1v) is 10.5. The second kappa shape index (κ2) is 9.70. The molecule has 2 saturated heterocycles. The van der Waals surface area contributed by atoms with Crippen molar-refractivity contribution in [1.82, 2.24) is 0 Å². The molecular formula is C22H34O4.